The third kappa shape index (κ3) is 7.98. The molecule has 0 radical (unpaired) electrons. The summed E-state index contributed by atoms with van der Waals surface area (Å²) in [6, 6.07) is 10.8. The molecule has 1 unspecified atom stereocenters. The summed E-state index contributed by atoms with van der Waals surface area (Å²) in [6.45, 7) is 13.2. The Morgan fingerprint density at radius 2 is 1.64 bits per heavy atom. The van der Waals surface area contributed by atoms with Gasteiger partial charge in [-0.25, -0.2) is 0 Å². The topological polar surface area (TPSA) is 48.5 Å². The van der Waals surface area contributed by atoms with Crippen LogP contribution in [0.2, 0.25) is 0 Å². The molecule has 1 aromatic rings. The standard InChI is InChI=1S/C17H30N4.HI/c1-6-18-16(19-7-2)20-13-17(4,5)21-14(3)15-11-9-8-10-12-15;/h8-12,14,21H,6-7,13H2,1-5H3,(H2,18,19,20);1H. The summed E-state index contributed by atoms with van der Waals surface area (Å²) in [5, 5.41) is 10.2. The van der Waals surface area contributed by atoms with Crippen LogP contribution in [0.25, 0.3) is 0 Å². The highest BCUT2D eigenvalue weighted by atomic mass is 127. The second-order valence-electron chi connectivity index (χ2n) is 5.89. The molecule has 0 heterocycles. The van der Waals surface area contributed by atoms with Crippen LogP contribution < -0.4 is 16.0 Å². The predicted octanol–water partition coefficient (Wildman–Crippen LogP) is 3.31. The number of aliphatic imine (C=N–C) groups is 1. The van der Waals surface area contributed by atoms with Crippen LogP contribution in [0.15, 0.2) is 35.3 Å². The van der Waals surface area contributed by atoms with Gasteiger partial charge in [0.15, 0.2) is 5.96 Å². The van der Waals surface area contributed by atoms with Crippen LogP contribution in [-0.2, 0) is 0 Å². The number of guanidine groups is 1. The number of nitrogens with one attached hydrogen (secondary N) is 3. The number of benzene rings is 1. The number of nitrogens with zero attached hydrogens (tertiary/aromatic N) is 1. The van der Waals surface area contributed by atoms with Crippen LogP contribution in [0.5, 0.6) is 0 Å². The lowest BCUT2D eigenvalue weighted by Gasteiger charge is -2.29. The van der Waals surface area contributed by atoms with E-state index in [4.69, 9.17) is 0 Å². The van der Waals surface area contributed by atoms with E-state index in [0.29, 0.717) is 6.04 Å². The van der Waals surface area contributed by atoms with E-state index >= 15 is 0 Å². The Kier molecular flexibility index (Phi) is 10.4. The van der Waals surface area contributed by atoms with Crippen molar-refractivity contribution in [3.8, 4) is 0 Å². The summed E-state index contributed by atoms with van der Waals surface area (Å²) in [5.74, 6) is 0.877. The third-order valence-electron chi connectivity index (χ3n) is 3.23. The van der Waals surface area contributed by atoms with Crippen molar-refractivity contribution in [3.63, 3.8) is 0 Å². The molecule has 0 saturated carbocycles. The lowest BCUT2D eigenvalue weighted by Crippen LogP contribution is -2.45. The summed E-state index contributed by atoms with van der Waals surface area (Å²) in [5.41, 5.74) is 1.24. The van der Waals surface area contributed by atoms with Gasteiger partial charge in [0, 0.05) is 24.7 Å². The summed E-state index contributed by atoms with van der Waals surface area (Å²) in [6.07, 6.45) is 0. The van der Waals surface area contributed by atoms with Gasteiger partial charge in [0.2, 0.25) is 0 Å². The smallest absolute Gasteiger partial charge is 0.191 e. The first-order chi connectivity index (χ1) is 9.98. The molecule has 22 heavy (non-hydrogen) atoms. The van der Waals surface area contributed by atoms with Crippen molar-refractivity contribution in [2.24, 2.45) is 4.99 Å². The fourth-order valence-electron chi connectivity index (χ4n) is 2.24. The Bertz CT molecular complexity index is 424. The molecule has 3 N–H and O–H groups in total. The molecule has 0 spiro atoms. The lowest BCUT2D eigenvalue weighted by molar-refractivity contribution is 0.356. The average molecular weight is 418 g/mol. The first-order valence-corrected chi connectivity index (χ1v) is 7.83. The van der Waals surface area contributed by atoms with Crippen LogP contribution >= 0.6 is 24.0 Å². The summed E-state index contributed by atoms with van der Waals surface area (Å²) in [7, 11) is 0. The molecule has 1 rings (SSSR count). The zero-order valence-electron chi connectivity index (χ0n) is 14.4. The molecule has 4 nitrogen and oxygen atoms in total. The van der Waals surface area contributed by atoms with E-state index in [0.717, 1.165) is 25.6 Å². The monoisotopic (exact) mass is 418 g/mol. The lowest BCUT2D eigenvalue weighted by atomic mass is 10.0. The predicted molar refractivity (Wildman–Crippen MR) is 107 cm³/mol. The Balaban J connectivity index is 0.00000441. The van der Waals surface area contributed by atoms with Gasteiger partial charge < -0.3 is 16.0 Å². The van der Waals surface area contributed by atoms with Crippen LogP contribution in [0.3, 0.4) is 0 Å². The molecule has 0 amide bonds. The minimum Gasteiger partial charge on any atom is -0.357 e. The van der Waals surface area contributed by atoms with E-state index in [2.05, 4.69) is 79.8 Å². The number of hydrogen-bond acceptors (Lipinski definition) is 2. The maximum atomic E-state index is 4.65. The molecule has 0 aliphatic carbocycles. The van der Waals surface area contributed by atoms with Crippen LogP contribution in [-0.4, -0.2) is 31.1 Å². The van der Waals surface area contributed by atoms with E-state index in [9.17, 15) is 0 Å². The van der Waals surface area contributed by atoms with Crippen molar-refractivity contribution in [1.29, 1.82) is 0 Å². The van der Waals surface area contributed by atoms with E-state index in [-0.39, 0.29) is 29.5 Å². The zero-order chi connectivity index (χ0) is 15.7. The van der Waals surface area contributed by atoms with Crippen molar-refractivity contribution in [2.75, 3.05) is 19.6 Å². The minimum atomic E-state index is -0.0641. The quantitative estimate of drug-likeness (QED) is 0.362. The zero-order valence-corrected chi connectivity index (χ0v) is 16.8. The first kappa shape index (κ1) is 21.2. The van der Waals surface area contributed by atoms with Gasteiger partial charge in [0.1, 0.15) is 0 Å². The minimum absolute atomic E-state index is 0. The molecule has 0 aliphatic heterocycles. The van der Waals surface area contributed by atoms with Gasteiger partial charge in [-0.05, 0) is 40.2 Å². The first-order valence-electron chi connectivity index (χ1n) is 7.83. The molecule has 1 aromatic carbocycles. The normalized spacial score (nSPS) is 12.0. The molecule has 0 bridgehead atoms. The Morgan fingerprint density at radius 3 is 2.14 bits per heavy atom. The Labute approximate surface area is 152 Å². The average Bonchev–Trinajstić information content (AvgIpc) is 2.46. The fourth-order valence-corrected chi connectivity index (χ4v) is 2.24. The highest BCUT2D eigenvalue weighted by molar-refractivity contribution is 14.0. The molecule has 0 saturated heterocycles. The van der Waals surface area contributed by atoms with Crippen LogP contribution in [0.4, 0.5) is 0 Å². The SMILES string of the molecule is CCNC(=NCC(C)(C)NC(C)c1ccccc1)NCC.I. The van der Waals surface area contributed by atoms with Gasteiger partial charge in [0.05, 0.1) is 6.54 Å². The maximum Gasteiger partial charge on any atom is 0.191 e. The molecule has 0 aliphatic rings. The van der Waals surface area contributed by atoms with Gasteiger partial charge >= 0.3 is 0 Å². The number of halogens is 1. The van der Waals surface area contributed by atoms with Crippen molar-refractivity contribution in [1.82, 2.24) is 16.0 Å². The fraction of sp³-hybridized carbons (Fsp3) is 0.588. The Morgan fingerprint density at radius 1 is 1.09 bits per heavy atom. The van der Waals surface area contributed by atoms with Crippen molar-refractivity contribution < 1.29 is 0 Å². The highest BCUT2D eigenvalue weighted by Crippen LogP contribution is 2.16. The van der Waals surface area contributed by atoms with Crippen LogP contribution in [0.1, 0.15) is 46.2 Å². The highest BCUT2D eigenvalue weighted by Gasteiger charge is 2.20. The third-order valence-corrected chi connectivity index (χ3v) is 3.23. The maximum absolute atomic E-state index is 4.65. The molecule has 0 aromatic heterocycles. The molecular weight excluding hydrogens is 387 g/mol. The molecule has 0 fully saturated rings. The number of hydrogen-bond donors (Lipinski definition) is 3. The van der Waals surface area contributed by atoms with E-state index < -0.39 is 0 Å². The number of rotatable bonds is 7. The largest absolute Gasteiger partial charge is 0.357 e. The second kappa shape index (κ2) is 10.8. The summed E-state index contributed by atoms with van der Waals surface area (Å²) in [4.78, 5) is 4.65. The Hall–Kier alpha value is -0.820. The summed E-state index contributed by atoms with van der Waals surface area (Å²) >= 11 is 0. The van der Waals surface area contributed by atoms with Gasteiger partial charge in [-0.3, -0.25) is 4.99 Å². The van der Waals surface area contributed by atoms with Gasteiger partial charge in [-0.1, -0.05) is 30.3 Å². The van der Waals surface area contributed by atoms with Crippen molar-refractivity contribution in [2.45, 2.75) is 46.2 Å². The van der Waals surface area contributed by atoms with Gasteiger partial charge in [-0.15, -0.1) is 24.0 Å². The van der Waals surface area contributed by atoms with E-state index in [1.54, 1.807) is 0 Å². The molecule has 126 valence electrons. The molecule has 1 atom stereocenters. The van der Waals surface area contributed by atoms with Crippen molar-refractivity contribution in [3.05, 3.63) is 35.9 Å². The van der Waals surface area contributed by atoms with Crippen molar-refractivity contribution >= 4 is 29.9 Å². The molecular formula is C17H31IN4. The van der Waals surface area contributed by atoms with Gasteiger partial charge in [-0.2, -0.15) is 0 Å². The summed E-state index contributed by atoms with van der Waals surface area (Å²) < 4.78 is 0. The second-order valence-corrected chi connectivity index (χ2v) is 5.89. The van der Waals surface area contributed by atoms with Gasteiger partial charge in [0.25, 0.3) is 0 Å². The van der Waals surface area contributed by atoms with E-state index in [1.165, 1.54) is 5.56 Å². The van der Waals surface area contributed by atoms with Crippen LogP contribution in [0, 0.1) is 0 Å². The molecule has 5 heteroatoms. The van der Waals surface area contributed by atoms with E-state index in [1.807, 2.05) is 6.07 Å².